The van der Waals surface area contributed by atoms with Crippen molar-refractivity contribution in [1.82, 2.24) is 0 Å². The SMILES string of the molecule is CC(C)(C)c1ccc(N(c2ccc(-c3ccccc3)c(F)c2)c2ccc3c(c2)C2(c4ccccc4-c4ccccc42)c2c-3cc(N(c3ccc(C(C)(C)C)cc3)c3ccc(-c4ccccc4)c(I)c3)c3c2oc2ccccc23)cc1. The summed E-state index contributed by atoms with van der Waals surface area (Å²) in [6, 6.07) is 86.7. The smallest absolute Gasteiger partial charge is 0.142 e. The first-order valence-corrected chi connectivity index (χ1v) is 28.7. The molecule has 0 bridgehead atoms. The Morgan fingerprint density at radius 3 is 1.44 bits per heavy atom. The van der Waals surface area contributed by atoms with Crippen LogP contribution in [0, 0.1) is 9.39 Å². The van der Waals surface area contributed by atoms with Crippen molar-refractivity contribution in [2.24, 2.45) is 0 Å². The fourth-order valence-electron chi connectivity index (χ4n) is 12.9. The van der Waals surface area contributed by atoms with E-state index in [1.54, 1.807) is 6.07 Å². The van der Waals surface area contributed by atoms with Gasteiger partial charge in [-0.2, -0.15) is 0 Å². The van der Waals surface area contributed by atoms with Gasteiger partial charge < -0.3 is 14.2 Å². The van der Waals surface area contributed by atoms with Crippen LogP contribution in [0.4, 0.5) is 38.5 Å². The Balaban J connectivity index is 1.07. The molecule has 0 aliphatic heterocycles. The Kier molecular flexibility index (Phi) is 11.7. The fourth-order valence-corrected chi connectivity index (χ4v) is 13.7. The first kappa shape index (κ1) is 49.8. The molecule has 0 atom stereocenters. The number of halogens is 2. The second kappa shape index (κ2) is 18.8. The normalized spacial score (nSPS) is 13.1. The number of fused-ring (bicyclic) bond motifs is 14. The molecule has 0 amide bonds. The van der Waals surface area contributed by atoms with Crippen LogP contribution in [0.1, 0.15) is 74.9 Å². The minimum absolute atomic E-state index is 0.0341. The zero-order chi connectivity index (χ0) is 54.7. The summed E-state index contributed by atoms with van der Waals surface area (Å²) in [6.07, 6.45) is 0. The summed E-state index contributed by atoms with van der Waals surface area (Å²) in [5.41, 5.74) is 22.0. The van der Waals surface area contributed by atoms with Gasteiger partial charge in [0.2, 0.25) is 0 Å². The molecule has 0 radical (unpaired) electrons. The van der Waals surface area contributed by atoms with Crippen LogP contribution >= 0.6 is 22.6 Å². The highest BCUT2D eigenvalue weighted by Gasteiger charge is 2.54. The average Bonchev–Trinajstić information content (AvgIpc) is 4.24. The summed E-state index contributed by atoms with van der Waals surface area (Å²) in [7, 11) is 0. The molecule has 0 saturated carbocycles. The third-order valence-electron chi connectivity index (χ3n) is 16.7. The monoisotopic (exact) mass is 1150 g/mol. The van der Waals surface area contributed by atoms with Gasteiger partial charge in [-0.05, 0) is 179 Å². The molecule has 2 aliphatic rings. The van der Waals surface area contributed by atoms with Crippen molar-refractivity contribution in [3.05, 3.63) is 285 Å². The number of furan rings is 1. The molecule has 388 valence electrons. The molecule has 0 unspecified atom stereocenters. The number of nitrogens with zero attached hydrogens (tertiary/aromatic N) is 2. The zero-order valence-corrected chi connectivity index (χ0v) is 47.8. The van der Waals surface area contributed by atoms with Crippen LogP contribution in [0.5, 0.6) is 0 Å². The van der Waals surface area contributed by atoms with Gasteiger partial charge in [-0.3, -0.25) is 0 Å². The summed E-state index contributed by atoms with van der Waals surface area (Å²) >= 11 is 2.52. The van der Waals surface area contributed by atoms with Gasteiger partial charge in [-0.25, -0.2) is 4.39 Å². The number of anilines is 6. The number of hydrogen-bond acceptors (Lipinski definition) is 3. The van der Waals surface area contributed by atoms with Gasteiger partial charge in [-0.15, -0.1) is 0 Å². The molecule has 11 aromatic carbocycles. The Bertz CT molecular complexity index is 4350. The van der Waals surface area contributed by atoms with Gasteiger partial charge in [0.15, 0.2) is 0 Å². The van der Waals surface area contributed by atoms with E-state index in [0.717, 1.165) is 87.5 Å². The third kappa shape index (κ3) is 7.87. The molecule has 3 nitrogen and oxygen atoms in total. The van der Waals surface area contributed by atoms with Gasteiger partial charge in [0.25, 0.3) is 0 Å². The Morgan fingerprint density at radius 2 is 0.863 bits per heavy atom. The Labute approximate surface area is 481 Å². The Morgan fingerprint density at radius 1 is 0.400 bits per heavy atom. The van der Waals surface area contributed by atoms with Crippen LogP contribution in [-0.2, 0) is 16.2 Å². The van der Waals surface area contributed by atoms with Gasteiger partial charge in [0, 0.05) is 48.5 Å². The van der Waals surface area contributed by atoms with Crippen molar-refractivity contribution in [3.63, 3.8) is 0 Å². The van der Waals surface area contributed by atoms with E-state index in [4.69, 9.17) is 4.42 Å². The maximum atomic E-state index is 16.9. The summed E-state index contributed by atoms with van der Waals surface area (Å²) in [4.78, 5) is 4.67. The molecule has 0 N–H and O–H groups in total. The van der Waals surface area contributed by atoms with Crippen LogP contribution in [0.2, 0.25) is 0 Å². The zero-order valence-electron chi connectivity index (χ0n) is 45.7. The lowest BCUT2D eigenvalue weighted by molar-refractivity contribution is 0.590. The van der Waals surface area contributed by atoms with Crippen molar-refractivity contribution in [2.45, 2.75) is 57.8 Å². The molecule has 0 fully saturated rings. The molecule has 0 saturated heterocycles. The Hall–Kier alpha value is -8.52. The molecular formula is C75H58FIN2O. The quantitative estimate of drug-likeness (QED) is 0.141. The van der Waals surface area contributed by atoms with Crippen LogP contribution in [-0.4, -0.2) is 0 Å². The van der Waals surface area contributed by atoms with Crippen LogP contribution < -0.4 is 9.80 Å². The number of benzene rings is 11. The van der Waals surface area contributed by atoms with E-state index >= 15 is 4.39 Å². The molecule has 2 aliphatic carbocycles. The van der Waals surface area contributed by atoms with E-state index in [1.807, 2.05) is 36.4 Å². The van der Waals surface area contributed by atoms with Gasteiger partial charge in [-0.1, -0.05) is 205 Å². The fraction of sp³-hybridized carbons (Fsp3) is 0.120. The van der Waals surface area contributed by atoms with Gasteiger partial charge in [0.05, 0.1) is 16.5 Å². The predicted molar refractivity (Wildman–Crippen MR) is 340 cm³/mol. The molecule has 5 heteroatoms. The van der Waals surface area contributed by atoms with E-state index in [2.05, 4.69) is 274 Å². The molecule has 1 aromatic heterocycles. The number of rotatable bonds is 8. The van der Waals surface area contributed by atoms with Crippen molar-refractivity contribution >= 4 is 78.7 Å². The molecule has 12 aromatic rings. The van der Waals surface area contributed by atoms with E-state index in [9.17, 15) is 0 Å². The lowest BCUT2D eigenvalue weighted by Gasteiger charge is -2.33. The van der Waals surface area contributed by atoms with Crippen LogP contribution in [0.15, 0.2) is 247 Å². The number of para-hydroxylation sites is 1. The maximum absolute atomic E-state index is 16.9. The summed E-state index contributed by atoms with van der Waals surface area (Å²) < 4.78 is 25.5. The van der Waals surface area contributed by atoms with E-state index in [-0.39, 0.29) is 16.6 Å². The van der Waals surface area contributed by atoms with Gasteiger partial charge >= 0.3 is 0 Å². The second-order valence-corrected chi connectivity index (χ2v) is 24.7. The lowest BCUT2D eigenvalue weighted by atomic mass is 9.70. The topological polar surface area (TPSA) is 19.6 Å². The van der Waals surface area contributed by atoms with Crippen molar-refractivity contribution in [3.8, 4) is 44.5 Å². The largest absolute Gasteiger partial charge is 0.456 e. The van der Waals surface area contributed by atoms with E-state index in [1.165, 1.54) is 44.5 Å². The highest BCUT2D eigenvalue weighted by Crippen LogP contribution is 2.66. The summed E-state index contributed by atoms with van der Waals surface area (Å²) in [5.74, 6) is -0.282. The molecule has 1 heterocycles. The maximum Gasteiger partial charge on any atom is 0.142 e. The highest BCUT2D eigenvalue weighted by atomic mass is 127. The standard InChI is InChI=1S/C75H58FIN2O/c1-73(2,3)49-29-33-51(34-30-49)78(54-37-40-56(66(76)44-54)47-19-9-7-10-20-47)53-39-42-60-62-46-68(79(52-35-31-50(32-36-52)74(4,5)6)55-38-41-57(67(77)45-55)48-21-11-8-12-22-48)70-61-25-15-18-28-69(61)80-72(70)71(62)75(65(60)43-53)63-26-16-13-23-58(63)59-24-14-17-27-64(59)75/h7-46H,1-6H3. The molecule has 80 heavy (non-hydrogen) atoms. The lowest BCUT2D eigenvalue weighted by Crippen LogP contribution is -2.26. The predicted octanol–water partition coefficient (Wildman–Crippen LogP) is 21.5. The van der Waals surface area contributed by atoms with E-state index < -0.39 is 5.41 Å². The molecule has 14 rings (SSSR count). The van der Waals surface area contributed by atoms with Crippen molar-refractivity contribution in [2.75, 3.05) is 9.80 Å². The van der Waals surface area contributed by atoms with Crippen molar-refractivity contribution in [1.29, 1.82) is 0 Å². The molecular weight excluding hydrogens is 1090 g/mol. The van der Waals surface area contributed by atoms with E-state index in [0.29, 0.717) is 5.56 Å². The summed E-state index contributed by atoms with van der Waals surface area (Å²) in [5, 5.41) is 2.09. The number of hydrogen-bond donors (Lipinski definition) is 0. The van der Waals surface area contributed by atoms with Gasteiger partial charge in [0.1, 0.15) is 17.0 Å². The minimum atomic E-state index is -0.811. The average molecular weight is 1150 g/mol. The first-order valence-electron chi connectivity index (χ1n) is 27.6. The highest BCUT2D eigenvalue weighted by molar-refractivity contribution is 14.1. The third-order valence-corrected chi connectivity index (χ3v) is 17.6. The summed E-state index contributed by atoms with van der Waals surface area (Å²) in [6.45, 7) is 13.5. The first-order chi connectivity index (χ1) is 38.8. The second-order valence-electron chi connectivity index (χ2n) is 23.5. The minimum Gasteiger partial charge on any atom is -0.456 e. The van der Waals surface area contributed by atoms with Crippen LogP contribution in [0.25, 0.3) is 66.4 Å². The molecule has 1 spiro atoms. The van der Waals surface area contributed by atoms with Crippen molar-refractivity contribution < 1.29 is 8.81 Å². The van der Waals surface area contributed by atoms with Crippen LogP contribution in [0.3, 0.4) is 0 Å².